The molecule has 7 heteroatoms. The Labute approximate surface area is 140 Å². The molecule has 0 saturated carbocycles. The van der Waals surface area contributed by atoms with Gasteiger partial charge in [-0.2, -0.15) is 0 Å². The Morgan fingerprint density at radius 2 is 1.95 bits per heavy atom. The molecule has 0 amide bonds. The van der Waals surface area contributed by atoms with Crippen molar-refractivity contribution in [3.8, 4) is 21.7 Å². The highest BCUT2D eigenvalue weighted by Crippen LogP contribution is 2.43. The van der Waals surface area contributed by atoms with E-state index in [1.165, 1.54) is 11.3 Å². The van der Waals surface area contributed by atoms with Crippen molar-refractivity contribution in [1.29, 1.82) is 0 Å². The first kappa shape index (κ1) is 14.7. The van der Waals surface area contributed by atoms with Gasteiger partial charge in [0.25, 0.3) is 0 Å². The molecule has 1 aromatic carbocycles. The van der Waals surface area contributed by atoms with E-state index in [1.54, 1.807) is 12.1 Å². The fourth-order valence-electron chi connectivity index (χ4n) is 1.98. The number of aryl methyl sites for hydroxylation is 1. The monoisotopic (exact) mass is 358 g/mol. The molecule has 21 heavy (non-hydrogen) atoms. The molecular weight excluding hydrogens is 351 g/mol. The van der Waals surface area contributed by atoms with Gasteiger partial charge in [0, 0.05) is 0 Å². The Kier molecular flexibility index (Phi) is 3.88. The minimum Gasteiger partial charge on any atom is -0.367 e. The Morgan fingerprint density at radius 1 is 1.19 bits per heavy atom. The van der Waals surface area contributed by atoms with Crippen LogP contribution in [0, 0.1) is 6.92 Å². The predicted octanol–water partition coefficient (Wildman–Crippen LogP) is 5.92. The van der Waals surface area contributed by atoms with Crippen LogP contribution in [0.2, 0.25) is 15.1 Å². The van der Waals surface area contributed by atoms with Crippen molar-refractivity contribution in [3.05, 3.63) is 44.2 Å². The maximum atomic E-state index is 6.31. The number of nitrogens with zero attached hydrogens (tertiary/aromatic N) is 1. The van der Waals surface area contributed by atoms with E-state index in [1.807, 2.05) is 18.4 Å². The van der Waals surface area contributed by atoms with Crippen molar-refractivity contribution in [2.24, 2.45) is 0 Å². The number of nitrogen functional groups attached to an aromatic ring is 1. The number of hydrogen-bond donors (Lipinski definition) is 1. The number of thiophene rings is 1. The maximum Gasteiger partial charge on any atom is 0.230 e. The Bertz CT molecular complexity index is 826. The standard InChI is InChI=1S/C14H9Cl3N2OS/c1-6-5-21-13(11(6)17)12-10(14(18)20-19-12)7-2-3-8(15)9(16)4-7/h2-5H,18H2,1H3. The molecule has 108 valence electrons. The number of benzene rings is 1. The van der Waals surface area contributed by atoms with E-state index in [0.717, 1.165) is 16.0 Å². The molecule has 0 saturated heterocycles. The van der Waals surface area contributed by atoms with Crippen LogP contribution >= 0.6 is 46.1 Å². The van der Waals surface area contributed by atoms with Gasteiger partial charge in [-0.15, -0.1) is 11.3 Å². The van der Waals surface area contributed by atoms with Crippen molar-refractivity contribution < 1.29 is 4.52 Å². The van der Waals surface area contributed by atoms with Crippen LogP contribution in [0.1, 0.15) is 5.56 Å². The van der Waals surface area contributed by atoms with Crippen LogP contribution in [0.25, 0.3) is 21.7 Å². The fraction of sp³-hybridized carbons (Fsp3) is 0.0714. The van der Waals surface area contributed by atoms with Crippen molar-refractivity contribution in [3.63, 3.8) is 0 Å². The van der Waals surface area contributed by atoms with E-state index in [-0.39, 0.29) is 5.88 Å². The van der Waals surface area contributed by atoms with Gasteiger partial charge in [-0.3, -0.25) is 0 Å². The number of hydrogen-bond acceptors (Lipinski definition) is 4. The van der Waals surface area contributed by atoms with E-state index in [9.17, 15) is 0 Å². The smallest absolute Gasteiger partial charge is 0.230 e. The van der Waals surface area contributed by atoms with Crippen LogP contribution in [-0.2, 0) is 0 Å². The zero-order chi connectivity index (χ0) is 15.1. The van der Waals surface area contributed by atoms with Gasteiger partial charge in [-0.25, -0.2) is 0 Å². The van der Waals surface area contributed by atoms with Crippen molar-refractivity contribution in [2.45, 2.75) is 6.92 Å². The average Bonchev–Trinajstić information content (AvgIpc) is 2.98. The summed E-state index contributed by atoms with van der Waals surface area (Å²) in [5, 5.41) is 7.56. The predicted molar refractivity (Wildman–Crippen MR) is 89.4 cm³/mol. The minimum atomic E-state index is 0.213. The first-order valence-electron chi connectivity index (χ1n) is 5.93. The second kappa shape index (κ2) is 5.54. The normalized spacial score (nSPS) is 11.0. The zero-order valence-corrected chi connectivity index (χ0v) is 13.9. The molecule has 0 spiro atoms. The molecule has 0 radical (unpaired) electrons. The van der Waals surface area contributed by atoms with Crippen LogP contribution in [-0.4, -0.2) is 5.16 Å². The van der Waals surface area contributed by atoms with Gasteiger partial charge in [0.2, 0.25) is 5.88 Å². The molecule has 0 aliphatic heterocycles. The molecule has 3 nitrogen and oxygen atoms in total. The summed E-state index contributed by atoms with van der Waals surface area (Å²) in [6.45, 7) is 1.94. The summed E-state index contributed by atoms with van der Waals surface area (Å²) in [4.78, 5) is 0.815. The second-order valence-electron chi connectivity index (χ2n) is 4.46. The SMILES string of the molecule is Cc1csc(-c2noc(N)c2-c2ccc(Cl)c(Cl)c2)c1Cl. The summed E-state index contributed by atoms with van der Waals surface area (Å²) in [6.07, 6.45) is 0. The van der Waals surface area contributed by atoms with E-state index >= 15 is 0 Å². The fourth-order valence-corrected chi connectivity index (χ4v) is 3.55. The highest BCUT2D eigenvalue weighted by atomic mass is 35.5. The Hall–Kier alpha value is -1.20. The first-order chi connectivity index (χ1) is 9.99. The molecule has 3 aromatic rings. The first-order valence-corrected chi connectivity index (χ1v) is 7.95. The lowest BCUT2D eigenvalue weighted by atomic mass is 10.0. The van der Waals surface area contributed by atoms with Crippen LogP contribution in [0.15, 0.2) is 28.1 Å². The number of anilines is 1. The number of nitrogens with two attached hydrogens (primary N) is 1. The van der Waals surface area contributed by atoms with Gasteiger partial charge in [-0.1, -0.05) is 46.0 Å². The summed E-state index contributed by atoms with van der Waals surface area (Å²) in [6, 6.07) is 5.25. The summed E-state index contributed by atoms with van der Waals surface area (Å²) in [7, 11) is 0. The lowest BCUT2D eigenvalue weighted by molar-refractivity contribution is 0.439. The molecule has 0 bridgehead atoms. The van der Waals surface area contributed by atoms with E-state index in [0.29, 0.717) is 26.3 Å². The third-order valence-electron chi connectivity index (χ3n) is 3.04. The quantitative estimate of drug-likeness (QED) is 0.617. The molecule has 0 atom stereocenters. The highest BCUT2D eigenvalue weighted by molar-refractivity contribution is 7.14. The molecule has 2 heterocycles. The van der Waals surface area contributed by atoms with Crippen LogP contribution in [0.5, 0.6) is 0 Å². The minimum absolute atomic E-state index is 0.213. The average molecular weight is 360 g/mol. The molecule has 2 N–H and O–H groups in total. The Balaban J connectivity index is 2.22. The van der Waals surface area contributed by atoms with E-state index < -0.39 is 0 Å². The molecule has 3 rings (SSSR count). The molecular formula is C14H9Cl3N2OS. The van der Waals surface area contributed by atoms with Gasteiger partial charge < -0.3 is 10.3 Å². The molecule has 0 unspecified atom stereocenters. The third kappa shape index (κ3) is 2.53. The Morgan fingerprint density at radius 3 is 2.57 bits per heavy atom. The van der Waals surface area contributed by atoms with Crippen LogP contribution in [0.4, 0.5) is 5.88 Å². The van der Waals surface area contributed by atoms with Crippen molar-refractivity contribution in [2.75, 3.05) is 5.73 Å². The van der Waals surface area contributed by atoms with E-state index in [4.69, 9.17) is 45.1 Å². The molecule has 0 aliphatic carbocycles. The van der Waals surface area contributed by atoms with Crippen molar-refractivity contribution in [1.82, 2.24) is 5.16 Å². The summed E-state index contributed by atoms with van der Waals surface area (Å²) in [5.41, 5.74) is 8.94. The number of rotatable bonds is 2. The van der Waals surface area contributed by atoms with Crippen LogP contribution < -0.4 is 5.73 Å². The maximum absolute atomic E-state index is 6.31. The highest BCUT2D eigenvalue weighted by Gasteiger charge is 2.22. The van der Waals surface area contributed by atoms with Gasteiger partial charge in [0.05, 0.1) is 25.5 Å². The molecule has 0 aliphatic rings. The summed E-state index contributed by atoms with van der Waals surface area (Å²) < 4.78 is 5.14. The summed E-state index contributed by atoms with van der Waals surface area (Å²) in [5.74, 6) is 0.213. The van der Waals surface area contributed by atoms with Gasteiger partial charge in [0.15, 0.2) is 0 Å². The molecule has 0 fully saturated rings. The lowest BCUT2D eigenvalue weighted by Gasteiger charge is -2.04. The zero-order valence-electron chi connectivity index (χ0n) is 10.8. The van der Waals surface area contributed by atoms with E-state index in [2.05, 4.69) is 5.16 Å². The summed E-state index contributed by atoms with van der Waals surface area (Å²) >= 11 is 19.8. The number of aromatic nitrogens is 1. The largest absolute Gasteiger partial charge is 0.367 e. The van der Waals surface area contributed by atoms with Gasteiger partial charge in [-0.05, 0) is 35.6 Å². The van der Waals surface area contributed by atoms with Crippen molar-refractivity contribution >= 4 is 52.0 Å². The topological polar surface area (TPSA) is 52.0 Å². The lowest BCUT2D eigenvalue weighted by Crippen LogP contribution is -1.87. The van der Waals surface area contributed by atoms with Gasteiger partial charge in [0.1, 0.15) is 5.69 Å². The van der Waals surface area contributed by atoms with Gasteiger partial charge >= 0.3 is 0 Å². The third-order valence-corrected chi connectivity index (χ3v) is 5.48. The van der Waals surface area contributed by atoms with Crippen LogP contribution in [0.3, 0.4) is 0 Å². The molecule has 2 aromatic heterocycles. The second-order valence-corrected chi connectivity index (χ2v) is 6.53. The number of halogens is 3.